The van der Waals surface area contributed by atoms with Gasteiger partial charge in [-0.25, -0.2) is 8.42 Å². The number of carbonyl (C=O) groups excluding carboxylic acids is 1. The van der Waals surface area contributed by atoms with E-state index in [1.165, 1.54) is 0 Å². The molecule has 25 heavy (non-hydrogen) atoms. The zero-order valence-electron chi connectivity index (χ0n) is 13.4. The summed E-state index contributed by atoms with van der Waals surface area (Å²) in [7, 11) is -3.10. The van der Waals surface area contributed by atoms with Crippen molar-refractivity contribution in [3.05, 3.63) is 69.7 Å². The molecule has 1 fully saturated rings. The molecule has 3 rings (SSSR count). The van der Waals surface area contributed by atoms with Crippen LogP contribution in [-0.2, 0) is 16.4 Å². The molecule has 2 aromatic rings. The Kier molecular flexibility index (Phi) is 5.37. The van der Waals surface area contributed by atoms with Crippen LogP contribution in [-0.4, -0.2) is 36.8 Å². The lowest BCUT2D eigenvalue weighted by Crippen LogP contribution is -2.40. The highest BCUT2D eigenvalue weighted by Gasteiger charge is 2.35. The van der Waals surface area contributed by atoms with Gasteiger partial charge >= 0.3 is 0 Å². The molecule has 1 aliphatic rings. The minimum Gasteiger partial charge on any atom is -0.330 e. The number of halogens is 2. The van der Waals surface area contributed by atoms with Gasteiger partial charge < -0.3 is 4.90 Å². The van der Waals surface area contributed by atoms with E-state index in [1.807, 2.05) is 12.1 Å². The molecule has 1 aliphatic heterocycles. The average Bonchev–Trinajstić information content (AvgIpc) is 2.92. The van der Waals surface area contributed by atoms with Crippen LogP contribution in [0, 0.1) is 0 Å². The molecule has 1 heterocycles. The molecule has 0 aliphatic carbocycles. The van der Waals surface area contributed by atoms with Gasteiger partial charge in [-0.2, -0.15) is 0 Å². The van der Waals surface area contributed by atoms with Crippen LogP contribution >= 0.6 is 23.2 Å². The van der Waals surface area contributed by atoms with E-state index >= 15 is 0 Å². The summed E-state index contributed by atoms with van der Waals surface area (Å²) in [6, 6.07) is 13.5. The SMILES string of the molecule is O=C(c1ccc(Cl)cc1)N(Cc1cccc(Cl)c1)[C@@H]1CCS(=O)(=O)C1. The average molecular weight is 398 g/mol. The number of rotatable bonds is 4. The van der Waals surface area contributed by atoms with Gasteiger partial charge in [0.05, 0.1) is 11.5 Å². The van der Waals surface area contributed by atoms with Crippen molar-refractivity contribution in [2.75, 3.05) is 11.5 Å². The van der Waals surface area contributed by atoms with Crippen LogP contribution in [0.5, 0.6) is 0 Å². The molecule has 0 saturated carbocycles. The van der Waals surface area contributed by atoms with Gasteiger partial charge in [-0.3, -0.25) is 4.79 Å². The largest absolute Gasteiger partial charge is 0.330 e. The summed E-state index contributed by atoms with van der Waals surface area (Å²) >= 11 is 11.9. The van der Waals surface area contributed by atoms with Crippen LogP contribution in [0.4, 0.5) is 0 Å². The molecule has 132 valence electrons. The molecular formula is C18H17Cl2NO3S. The molecule has 0 N–H and O–H groups in total. The molecule has 4 nitrogen and oxygen atoms in total. The number of carbonyl (C=O) groups is 1. The summed E-state index contributed by atoms with van der Waals surface area (Å²) in [4.78, 5) is 14.6. The fourth-order valence-corrected chi connectivity index (χ4v) is 5.05. The second kappa shape index (κ2) is 7.36. The third-order valence-corrected chi connectivity index (χ3v) is 6.48. The Balaban J connectivity index is 1.91. The third-order valence-electron chi connectivity index (χ3n) is 4.24. The maximum absolute atomic E-state index is 13.0. The van der Waals surface area contributed by atoms with Crippen molar-refractivity contribution in [2.24, 2.45) is 0 Å². The predicted molar refractivity (Wildman–Crippen MR) is 99.8 cm³/mol. The monoisotopic (exact) mass is 397 g/mol. The second-order valence-electron chi connectivity index (χ2n) is 6.13. The van der Waals surface area contributed by atoms with Crippen LogP contribution in [0.1, 0.15) is 22.3 Å². The highest BCUT2D eigenvalue weighted by Crippen LogP contribution is 2.24. The Morgan fingerprint density at radius 3 is 2.40 bits per heavy atom. The van der Waals surface area contributed by atoms with E-state index in [0.717, 1.165) is 5.56 Å². The van der Waals surface area contributed by atoms with Crippen molar-refractivity contribution >= 4 is 38.9 Å². The fourth-order valence-electron chi connectivity index (χ4n) is 2.98. The van der Waals surface area contributed by atoms with Crippen LogP contribution < -0.4 is 0 Å². The lowest BCUT2D eigenvalue weighted by atomic mass is 10.1. The van der Waals surface area contributed by atoms with E-state index in [1.54, 1.807) is 41.3 Å². The normalized spacial score (nSPS) is 18.9. The van der Waals surface area contributed by atoms with Crippen molar-refractivity contribution in [3.63, 3.8) is 0 Å². The molecular weight excluding hydrogens is 381 g/mol. The van der Waals surface area contributed by atoms with Gasteiger partial charge in [0, 0.05) is 28.2 Å². The summed E-state index contributed by atoms with van der Waals surface area (Å²) in [6.07, 6.45) is 0.447. The summed E-state index contributed by atoms with van der Waals surface area (Å²) < 4.78 is 23.8. The van der Waals surface area contributed by atoms with Gasteiger partial charge in [0.15, 0.2) is 9.84 Å². The molecule has 2 aromatic carbocycles. The van der Waals surface area contributed by atoms with E-state index in [4.69, 9.17) is 23.2 Å². The first-order valence-corrected chi connectivity index (χ1v) is 10.4. The maximum Gasteiger partial charge on any atom is 0.254 e. The van der Waals surface area contributed by atoms with Crippen LogP contribution in [0.15, 0.2) is 48.5 Å². The zero-order chi connectivity index (χ0) is 18.0. The Labute approximate surface area is 157 Å². The standard InChI is InChI=1S/C18H17Cl2NO3S/c19-15-6-4-14(5-7-15)18(22)21(17-8-9-25(23,24)12-17)11-13-2-1-3-16(20)10-13/h1-7,10,17H,8-9,11-12H2/t17-/m1/s1. The quantitative estimate of drug-likeness (QED) is 0.787. The van der Waals surface area contributed by atoms with E-state index < -0.39 is 9.84 Å². The minimum atomic E-state index is -3.10. The topological polar surface area (TPSA) is 54.5 Å². The summed E-state index contributed by atoms with van der Waals surface area (Å²) in [5.41, 5.74) is 1.34. The first-order valence-electron chi connectivity index (χ1n) is 7.85. The minimum absolute atomic E-state index is 0.00705. The van der Waals surface area contributed by atoms with Gasteiger partial charge in [0.2, 0.25) is 0 Å². The molecule has 7 heteroatoms. The Morgan fingerprint density at radius 2 is 1.80 bits per heavy atom. The number of benzene rings is 2. The number of nitrogens with zero attached hydrogens (tertiary/aromatic N) is 1. The smallest absolute Gasteiger partial charge is 0.254 e. The van der Waals surface area contributed by atoms with Crippen molar-refractivity contribution in [3.8, 4) is 0 Å². The highest BCUT2D eigenvalue weighted by molar-refractivity contribution is 7.91. The predicted octanol–water partition coefficient (Wildman–Crippen LogP) is 3.82. The molecule has 0 radical (unpaired) electrons. The summed E-state index contributed by atoms with van der Waals surface area (Å²) in [6.45, 7) is 0.308. The number of hydrogen-bond donors (Lipinski definition) is 0. The first-order chi connectivity index (χ1) is 11.8. The Bertz CT molecular complexity index is 881. The summed E-state index contributed by atoms with van der Waals surface area (Å²) in [5, 5.41) is 1.12. The van der Waals surface area contributed by atoms with E-state index in [-0.39, 0.29) is 23.5 Å². The van der Waals surface area contributed by atoms with Gasteiger partial charge in [0.1, 0.15) is 0 Å². The van der Waals surface area contributed by atoms with Crippen LogP contribution in [0.3, 0.4) is 0 Å². The number of sulfone groups is 1. The molecule has 0 bridgehead atoms. The lowest BCUT2D eigenvalue weighted by molar-refractivity contribution is 0.0681. The Morgan fingerprint density at radius 1 is 1.08 bits per heavy atom. The lowest BCUT2D eigenvalue weighted by Gasteiger charge is -2.28. The fraction of sp³-hybridized carbons (Fsp3) is 0.278. The number of amides is 1. The number of hydrogen-bond acceptors (Lipinski definition) is 3. The van der Waals surface area contributed by atoms with Crippen molar-refractivity contribution in [2.45, 2.75) is 19.0 Å². The maximum atomic E-state index is 13.0. The summed E-state index contributed by atoms with van der Waals surface area (Å²) in [5.74, 6) is -0.108. The third kappa shape index (κ3) is 4.54. The van der Waals surface area contributed by atoms with Gasteiger partial charge in [-0.05, 0) is 48.4 Å². The van der Waals surface area contributed by atoms with Gasteiger partial charge in [-0.1, -0.05) is 35.3 Å². The zero-order valence-corrected chi connectivity index (χ0v) is 15.7. The van der Waals surface area contributed by atoms with E-state index in [9.17, 15) is 13.2 Å². The molecule has 1 amide bonds. The molecule has 0 unspecified atom stereocenters. The highest BCUT2D eigenvalue weighted by atomic mass is 35.5. The van der Waals surface area contributed by atoms with E-state index in [2.05, 4.69) is 0 Å². The van der Waals surface area contributed by atoms with Crippen molar-refractivity contribution in [1.82, 2.24) is 4.90 Å². The molecule has 0 spiro atoms. The van der Waals surface area contributed by atoms with Crippen LogP contribution in [0.2, 0.25) is 10.0 Å². The van der Waals surface area contributed by atoms with E-state index in [0.29, 0.717) is 28.6 Å². The van der Waals surface area contributed by atoms with Crippen molar-refractivity contribution in [1.29, 1.82) is 0 Å². The Hall–Kier alpha value is -1.56. The first kappa shape index (κ1) is 18.2. The van der Waals surface area contributed by atoms with Gasteiger partial charge in [0.25, 0.3) is 5.91 Å². The molecule has 1 atom stereocenters. The molecule has 0 aromatic heterocycles. The van der Waals surface area contributed by atoms with Gasteiger partial charge in [-0.15, -0.1) is 0 Å². The second-order valence-corrected chi connectivity index (χ2v) is 9.23. The van der Waals surface area contributed by atoms with Crippen molar-refractivity contribution < 1.29 is 13.2 Å². The van der Waals surface area contributed by atoms with Crippen LogP contribution in [0.25, 0.3) is 0 Å². The molecule has 1 saturated heterocycles.